The Morgan fingerprint density at radius 1 is 1.00 bits per heavy atom. The topological polar surface area (TPSA) is 83.8 Å². The molecule has 0 amide bonds. The Morgan fingerprint density at radius 2 is 1.22 bits per heavy atom. The predicted molar refractivity (Wildman–Crippen MR) is 39.3 cm³/mol. The van der Waals surface area contributed by atoms with Gasteiger partial charge in [0, 0.05) is 0 Å². The smallest absolute Gasteiger partial charge is 0.449 e. The molecule has 2 atom stereocenters. The fraction of sp³-hybridized carbons (Fsp3) is 0. The van der Waals surface area contributed by atoms with Crippen molar-refractivity contribution in [3.8, 4) is 0 Å². The summed E-state index contributed by atoms with van der Waals surface area (Å²) in [5.74, 6) is 0. The average molecular weight is 174 g/mol. The quantitative estimate of drug-likeness (QED) is 0.317. The molecule has 56 valence electrons. The number of hydrogen-bond acceptors (Lipinski definition) is 3. The van der Waals surface area contributed by atoms with Crippen LogP contribution in [0.15, 0.2) is 0 Å². The standard InChI is InChI=1S/C2H2O5.2H3P/c3-1(4)7-2(5)6;;/h(H,3,4)(H,5,6);2*1H3. The van der Waals surface area contributed by atoms with Gasteiger partial charge in [0.2, 0.25) is 0 Å². The van der Waals surface area contributed by atoms with Gasteiger partial charge in [-0.2, -0.15) is 19.8 Å². The second-order valence-corrected chi connectivity index (χ2v) is 0.634. The number of carboxylic acid groups (broad SMARTS) is 2. The van der Waals surface area contributed by atoms with E-state index in [9.17, 15) is 9.59 Å². The van der Waals surface area contributed by atoms with E-state index in [0.29, 0.717) is 0 Å². The van der Waals surface area contributed by atoms with E-state index in [1.807, 2.05) is 0 Å². The normalized spacial score (nSPS) is 5.78. The van der Waals surface area contributed by atoms with Gasteiger partial charge in [-0.05, 0) is 0 Å². The van der Waals surface area contributed by atoms with Crippen LogP contribution in [0, 0.1) is 0 Å². The molecule has 0 spiro atoms. The Morgan fingerprint density at radius 3 is 1.22 bits per heavy atom. The molecule has 0 saturated carbocycles. The molecule has 0 aliphatic carbocycles. The molecule has 0 aliphatic rings. The first-order valence-electron chi connectivity index (χ1n) is 1.26. The molecule has 0 heterocycles. The van der Waals surface area contributed by atoms with Crippen LogP contribution in [-0.4, -0.2) is 22.5 Å². The molecular formula is C2H8O5P2. The molecule has 0 bridgehead atoms. The second-order valence-electron chi connectivity index (χ2n) is 0.634. The Balaban J connectivity index is -0.000000180. The first-order valence-corrected chi connectivity index (χ1v) is 1.26. The third-order valence-corrected chi connectivity index (χ3v) is 0.175. The lowest BCUT2D eigenvalue weighted by Gasteiger charge is -1.84. The van der Waals surface area contributed by atoms with Crippen molar-refractivity contribution < 1.29 is 24.5 Å². The molecule has 0 saturated heterocycles. The van der Waals surface area contributed by atoms with Gasteiger partial charge in [0.05, 0.1) is 0 Å². The van der Waals surface area contributed by atoms with Crippen LogP contribution in [0.2, 0.25) is 0 Å². The van der Waals surface area contributed by atoms with Crippen molar-refractivity contribution in [2.45, 2.75) is 0 Å². The highest BCUT2D eigenvalue weighted by Gasteiger charge is 2.01. The van der Waals surface area contributed by atoms with Crippen LogP contribution in [-0.2, 0) is 4.74 Å². The third kappa shape index (κ3) is 18.4. The fourth-order valence-corrected chi connectivity index (χ4v) is 0.0747. The summed E-state index contributed by atoms with van der Waals surface area (Å²) in [6.07, 6.45) is -3.62. The molecule has 7 heteroatoms. The van der Waals surface area contributed by atoms with E-state index in [1.54, 1.807) is 0 Å². The van der Waals surface area contributed by atoms with Gasteiger partial charge in [0.25, 0.3) is 0 Å². The Hall–Kier alpha value is -0.400. The SMILES string of the molecule is O=C(O)OC(=O)O.P.P. The summed E-state index contributed by atoms with van der Waals surface area (Å²) in [6, 6.07) is 0. The molecule has 0 aromatic carbocycles. The summed E-state index contributed by atoms with van der Waals surface area (Å²) in [5.41, 5.74) is 0. The van der Waals surface area contributed by atoms with E-state index < -0.39 is 12.3 Å². The lowest BCUT2D eigenvalue weighted by Crippen LogP contribution is -2.05. The summed E-state index contributed by atoms with van der Waals surface area (Å²) in [7, 11) is 0. The van der Waals surface area contributed by atoms with Crippen LogP contribution in [0.5, 0.6) is 0 Å². The van der Waals surface area contributed by atoms with E-state index in [2.05, 4.69) is 4.74 Å². The van der Waals surface area contributed by atoms with Gasteiger partial charge >= 0.3 is 12.3 Å². The summed E-state index contributed by atoms with van der Waals surface area (Å²) >= 11 is 0. The zero-order valence-electron chi connectivity index (χ0n) is 4.53. The van der Waals surface area contributed by atoms with Gasteiger partial charge in [0.1, 0.15) is 0 Å². The van der Waals surface area contributed by atoms with Crippen molar-refractivity contribution in [3.05, 3.63) is 0 Å². The van der Waals surface area contributed by atoms with Gasteiger partial charge in [0.15, 0.2) is 0 Å². The molecule has 2 N–H and O–H groups in total. The first kappa shape index (κ1) is 15.8. The van der Waals surface area contributed by atoms with Crippen LogP contribution >= 0.6 is 19.8 Å². The van der Waals surface area contributed by atoms with E-state index in [1.165, 1.54) is 0 Å². The number of hydrogen-bond donors (Lipinski definition) is 2. The van der Waals surface area contributed by atoms with Crippen LogP contribution in [0.3, 0.4) is 0 Å². The summed E-state index contributed by atoms with van der Waals surface area (Å²) in [6.45, 7) is 0. The molecule has 9 heavy (non-hydrogen) atoms. The van der Waals surface area contributed by atoms with E-state index >= 15 is 0 Å². The molecule has 2 unspecified atom stereocenters. The predicted octanol–water partition coefficient (Wildman–Crippen LogP) is 0.475. The van der Waals surface area contributed by atoms with Crippen molar-refractivity contribution in [1.29, 1.82) is 0 Å². The van der Waals surface area contributed by atoms with E-state index in [4.69, 9.17) is 10.2 Å². The molecule has 0 radical (unpaired) electrons. The van der Waals surface area contributed by atoms with Crippen LogP contribution in [0.1, 0.15) is 0 Å². The monoisotopic (exact) mass is 174 g/mol. The summed E-state index contributed by atoms with van der Waals surface area (Å²) < 4.78 is 3.08. The Bertz CT molecular complexity index is 89.1. The maximum atomic E-state index is 9.21. The van der Waals surface area contributed by atoms with Crippen LogP contribution < -0.4 is 0 Å². The lowest BCUT2D eigenvalue weighted by molar-refractivity contribution is 0.0802. The molecule has 0 rings (SSSR count). The zero-order chi connectivity index (χ0) is 5.86. The highest BCUT2D eigenvalue weighted by molar-refractivity contribution is 6.92. The zero-order valence-corrected chi connectivity index (χ0v) is 7.36. The highest BCUT2D eigenvalue weighted by Crippen LogP contribution is 1.73. The molecule has 0 aromatic heterocycles. The van der Waals surface area contributed by atoms with Crippen molar-refractivity contribution in [2.24, 2.45) is 0 Å². The van der Waals surface area contributed by atoms with E-state index in [-0.39, 0.29) is 19.8 Å². The van der Waals surface area contributed by atoms with Crippen LogP contribution in [0.4, 0.5) is 9.59 Å². The lowest BCUT2D eigenvalue weighted by atomic mass is 11.3. The van der Waals surface area contributed by atoms with Crippen LogP contribution in [0.25, 0.3) is 0 Å². The third-order valence-electron chi connectivity index (χ3n) is 0.175. The molecule has 5 nitrogen and oxygen atoms in total. The van der Waals surface area contributed by atoms with Crippen molar-refractivity contribution >= 4 is 32.1 Å². The number of rotatable bonds is 0. The Kier molecular flexibility index (Phi) is 13.4. The van der Waals surface area contributed by atoms with Crippen molar-refractivity contribution in [3.63, 3.8) is 0 Å². The second kappa shape index (κ2) is 7.60. The van der Waals surface area contributed by atoms with Gasteiger partial charge < -0.3 is 14.9 Å². The molecule has 0 aliphatic heterocycles. The van der Waals surface area contributed by atoms with Gasteiger partial charge in [-0.1, -0.05) is 0 Å². The van der Waals surface area contributed by atoms with Gasteiger partial charge in [-0.15, -0.1) is 0 Å². The number of ether oxygens (including phenoxy) is 1. The van der Waals surface area contributed by atoms with Gasteiger partial charge in [-0.3, -0.25) is 0 Å². The molecular weight excluding hydrogens is 166 g/mol. The molecule has 0 aromatic rings. The summed E-state index contributed by atoms with van der Waals surface area (Å²) in [4.78, 5) is 18.4. The highest BCUT2D eigenvalue weighted by atomic mass is 31.0. The van der Waals surface area contributed by atoms with Crippen molar-refractivity contribution in [1.82, 2.24) is 0 Å². The fourth-order valence-electron chi connectivity index (χ4n) is 0.0747. The van der Waals surface area contributed by atoms with E-state index in [0.717, 1.165) is 0 Å². The first-order chi connectivity index (χ1) is 3.13. The summed E-state index contributed by atoms with van der Waals surface area (Å²) in [5, 5.41) is 15.0. The minimum absolute atomic E-state index is 0. The molecule has 0 fully saturated rings. The maximum absolute atomic E-state index is 9.21. The minimum atomic E-state index is -1.81. The minimum Gasteiger partial charge on any atom is -0.449 e. The number of carbonyl (C=O) groups is 2. The largest absolute Gasteiger partial charge is 0.516 e. The Labute approximate surface area is 57.6 Å². The van der Waals surface area contributed by atoms with Gasteiger partial charge in [-0.25, -0.2) is 9.59 Å². The van der Waals surface area contributed by atoms with Crippen molar-refractivity contribution in [2.75, 3.05) is 0 Å². The average Bonchev–Trinajstić information content (AvgIpc) is 1.27. The maximum Gasteiger partial charge on any atom is 0.516 e.